The van der Waals surface area contributed by atoms with Gasteiger partial charge < -0.3 is 14.8 Å². The van der Waals surface area contributed by atoms with Crippen LogP contribution in [0.5, 0.6) is 5.75 Å². The van der Waals surface area contributed by atoms with Crippen molar-refractivity contribution >= 4 is 27.6 Å². The van der Waals surface area contributed by atoms with Crippen LogP contribution in [-0.2, 0) is 25.7 Å². The summed E-state index contributed by atoms with van der Waals surface area (Å²) in [5, 5.41) is 2.04. The second-order valence-electron chi connectivity index (χ2n) is 6.93. The standard InChI is InChI=1S/C20H19F3N2O6S/c1-30-16-9-6-12(10-17(16)32(28,29)25-13-7-8-13)19(27)31-11-18(26)24-15-5-3-2-4-14(15)20(21,22)23/h2-6,9-10,13,25H,7-8,11H2,1H3,(H,24,26). The molecule has 1 amide bonds. The summed E-state index contributed by atoms with van der Waals surface area (Å²) < 4.78 is 76.4. The van der Waals surface area contributed by atoms with Gasteiger partial charge in [-0.05, 0) is 43.2 Å². The van der Waals surface area contributed by atoms with Crippen LogP contribution in [0.2, 0.25) is 0 Å². The quantitative estimate of drug-likeness (QED) is 0.572. The van der Waals surface area contributed by atoms with Crippen LogP contribution in [-0.4, -0.2) is 40.1 Å². The van der Waals surface area contributed by atoms with Crippen LogP contribution in [0.4, 0.5) is 18.9 Å². The number of rotatable bonds is 8. The summed E-state index contributed by atoms with van der Waals surface area (Å²) in [6.45, 7) is -0.876. The van der Waals surface area contributed by atoms with Crippen molar-refractivity contribution in [2.24, 2.45) is 0 Å². The number of benzene rings is 2. The molecule has 0 saturated heterocycles. The number of methoxy groups -OCH3 is 1. The van der Waals surface area contributed by atoms with Crippen molar-refractivity contribution in [3.05, 3.63) is 53.6 Å². The lowest BCUT2D eigenvalue weighted by atomic mass is 10.1. The molecule has 8 nitrogen and oxygen atoms in total. The van der Waals surface area contributed by atoms with Gasteiger partial charge in [-0.25, -0.2) is 17.9 Å². The van der Waals surface area contributed by atoms with Crippen LogP contribution >= 0.6 is 0 Å². The number of hydrogen-bond acceptors (Lipinski definition) is 6. The fraction of sp³-hybridized carbons (Fsp3) is 0.300. The van der Waals surface area contributed by atoms with E-state index in [9.17, 15) is 31.2 Å². The maximum atomic E-state index is 13.0. The SMILES string of the molecule is COc1ccc(C(=O)OCC(=O)Nc2ccccc2C(F)(F)F)cc1S(=O)(=O)NC1CC1. The van der Waals surface area contributed by atoms with E-state index in [-0.39, 0.29) is 22.3 Å². The van der Waals surface area contributed by atoms with E-state index in [0.29, 0.717) is 12.8 Å². The average molecular weight is 472 g/mol. The average Bonchev–Trinajstić information content (AvgIpc) is 3.54. The molecular weight excluding hydrogens is 453 g/mol. The fourth-order valence-electron chi connectivity index (χ4n) is 2.74. The lowest BCUT2D eigenvalue weighted by Crippen LogP contribution is -2.26. The first-order chi connectivity index (χ1) is 15.0. The number of amides is 1. The number of hydrogen-bond donors (Lipinski definition) is 2. The first kappa shape index (κ1) is 23.5. The van der Waals surface area contributed by atoms with Gasteiger partial charge in [0, 0.05) is 6.04 Å². The summed E-state index contributed by atoms with van der Waals surface area (Å²) in [6, 6.07) is 7.72. The number of alkyl halides is 3. The number of carbonyl (C=O) groups excluding carboxylic acids is 2. The second-order valence-corrected chi connectivity index (χ2v) is 8.61. The van der Waals surface area contributed by atoms with E-state index < -0.39 is 45.9 Å². The monoisotopic (exact) mass is 472 g/mol. The van der Waals surface area contributed by atoms with E-state index >= 15 is 0 Å². The molecule has 0 aromatic heterocycles. The molecule has 0 spiro atoms. The lowest BCUT2D eigenvalue weighted by Gasteiger charge is -2.14. The Bertz CT molecular complexity index is 1130. The highest BCUT2D eigenvalue weighted by atomic mass is 32.2. The van der Waals surface area contributed by atoms with Gasteiger partial charge in [0.2, 0.25) is 10.0 Å². The van der Waals surface area contributed by atoms with Gasteiger partial charge in [-0.1, -0.05) is 12.1 Å². The lowest BCUT2D eigenvalue weighted by molar-refractivity contribution is -0.137. The van der Waals surface area contributed by atoms with Crippen molar-refractivity contribution in [1.29, 1.82) is 0 Å². The Morgan fingerprint density at radius 2 is 1.81 bits per heavy atom. The molecule has 1 aliphatic carbocycles. The molecule has 32 heavy (non-hydrogen) atoms. The Balaban J connectivity index is 1.69. The minimum Gasteiger partial charge on any atom is -0.495 e. The van der Waals surface area contributed by atoms with Crippen LogP contribution in [0.3, 0.4) is 0 Å². The van der Waals surface area contributed by atoms with Crippen LogP contribution in [0.1, 0.15) is 28.8 Å². The molecule has 0 bridgehead atoms. The summed E-state index contributed by atoms with van der Waals surface area (Å²) in [4.78, 5) is 24.0. The van der Waals surface area contributed by atoms with Gasteiger partial charge in [0.05, 0.1) is 23.9 Å². The molecule has 3 rings (SSSR count). The van der Waals surface area contributed by atoms with Gasteiger partial charge in [0.1, 0.15) is 10.6 Å². The molecule has 12 heteroatoms. The number of sulfonamides is 1. The summed E-state index contributed by atoms with van der Waals surface area (Å²) in [6.07, 6.45) is -3.27. The van der Waals surface area contributed by atoms with Crippen molar-refractivity contribution in [3.8, 4) is 5.75 Å². The zero-order chi connectivity index (χ0) is 23.5. The molecule has 172 valence electrons. The zero-order valence-corrected chi connectivity index (χ0v) is 17.5. The first-order valence-electron chi connectivity index (χ1n) is 9.35. The Morgan fingerprint density at radius 1 is 1.12 bits per heavy atom. The highest BCUT2D eigenvalue weighted by Gasteiger charge is 2.34. The molecule has 0 heterocycles. The Labute approximate surface area is 181 Å². The predicted octanol–water partition coefficient (Wildman–Crippen LogP) is 2.95. The third kappa shape index (κ3) is 5.77. The number of halogens is 3. The van der Waals surface area contributed by atoms with E-state index in [1.54, 1.807) is 0 Å². The molecule has 0 atom stereocenters. The van der Waals surface area contributed by atoms with Crippen molar-refractivity contribution in [3.63, 3.8) is 0 Å². The van der Waals surface area contributed by atoms with Crippen LogP contribution < -0.4 is 14.8 Å². The van der Waals surface area contributed by atoms with Crippen LogP contribution in [0.15, 0.2) is 47.4 Å². The second kappa shape index (κ2) is 9.17. The molecule has 1 fully saturated rings. The number of ether oxygens (including phenoxy) is 2. The van der Waals surface area contributed by atoms with Crippen molar-refractivity contribution in [2.45, 2.75) is 30.0 Å². The molecular formula is C20H19F3N2O6S. The predicted molar refractivity (Wildman–Crippen MR) is 107 cm³/mol. The van der Waals surface area contributed by atoms with Gasteiger partial charge >= 0.3 is 12.1 Å². The molecule has 0 aliphatic heterocycles. The van der Waals surface area contributed by atoms with E-state index in [0.717, 1.165) is 18.2 Å². The Morgan fingerprint density at radius 3 is 2.44 bits per heavy atom. The van der Waals surface area contributed by atoms with Crippen LogP contribution in [0.25, 0.3) is 0 Å². The van der Waals surface area contributed by atoms with Gasteiger partial charge in [-0.3, -0.25) is 4.79 Å². The van der Waals surface area contributed by atoms with Gasteiger partial charge in [0.25, 0.3) is 5.91 Å². The number of anilines is 1. The minimum absolute atomic E-state index is 0.0104. The van der Waals surface area contributed by atoms with Crippen molar-refractivity contribution < 1.29 is 40.7 Å². The number of para-hydroxylation sites is 1. The highest BCUT2D eigenvalue weighted by molar-refractivity contribution is 7.89. The van der Waals surface area contributed by atoms with E-state index in [2.05, 4.69) is 4.72 Å². The molecule has 1 aliphatic rings. The van der Waals surface area contributed by atoms with Crippen molar-refractivity contribution in [2.75, 3.05) is 19.0 Å². The molecule has 2 aromatic rings. The van der Waals surface area contributed by atoms with Crippen LogP contribution in [0, 0.1) is 0 Å². The molecule has 2 N–H and O–H groups in total. The zero-order valence-electron chi connectivity index (χ0n) is 16.7. The molecule has 0 unspecified atom stereocenters. The topological polar surface area (TPSA) is 111 Å². The van der Waals surface area contributed by atoms with Gasteiger partial charge in [-0.15, -0.1) is 0 Å². The van der Waals surface area contributed by atoms with Gasteiger partial charge in [-0.2, -0.15) is 13.2 Å². The number of esters is 1. The largest absolute Gasteiger partial charge is 0.495 e. The maximum absolute atomic E-state index is 13.0. The minimum atomic E-state index is -4.68. The third-order valence-corrected chi connectivity index (χ3v) is 5.97. The first-order valence-corrected chi connectivity index (χ1v) is 10.8. The summed E-state index contributed by atoms with van der Waals surface area (Å²) in [5.74, 6) is -2.02. The summed E-state index contributed by atoms with van der Waals surface area (Å²) in [5.41, 5.74) is -1.71. The third-order valence-electron chi connectivity index (χ3n) is 4.43. The normalized spacial score (nSPS) is 14.0. The Hall–Kier alpha value is -3.12. The van der Waals surface area contributed by atoms with E-state index in [4.69, 9.17) is 9.47 Å². The molecule has 0 radical (unpaired) electrons. The van der Waals surface area contributed by atoms with Crippen molar-refractivity contribution in [1.82, 2.24) is 4.72 Å². The Kier molecular flexibility index (Phi) is 6.74. The molecule has 1 saturated carbocycles. The maximum Gasteiger partial charge on any atom is 0.418 e. The smallest absolute Gasteiger partial charge is 0.418 e. The molecule has 2 aromatic carbocycles. The van der Waals surface area contributed by atoms with E-state index in [1.807, 2.05) is 5.32 Å². The summed E-state index contributed by atoms with van der Waals surface area (Å²) in [7, 11) is -2.68. The highest BCUT2D eigenvalue weighted by Crippen LogP contribution is 2.34. The number of carbonyl (C=O) groups is 2. The summed E-state index contributed by atoms with van der Waals surface area (Å²) >= 11 is 0. The number of nitrogens with one attached hydrogen (secondary N) is 2. The van der Waals surface area contributed by atoms with Gasteiger partial charge in [0.15, 0.2) is 6.61 Å². The van der Waals surface area contributed by atoms with E-state index in [1.165, 1.54) is 31.4 Å². The fourth-order valence-corrected chi connectivity index (χ4v) is 4.24.